The van der Waals surface area contributed by atoms with Crippen LogP contribution in [0.5, 0.6) is 0 Å². The molecule has 1 aromatic rings. The first-order chi connectivity index (χ1) is 11.7. The molecule has 134 valence electrons. The second-order valence-corrected chi connectivity index (χ2v) is 9.56. The zero-order valence-corrected chi connectivity index (χ0v) is 16.3. The Balaban J connectivity index is 2.33. The highest BCUT2D eigenvalue weighted by Crippen LogP contribution is 2.41. The third-order valence-electron chi connectivity index (χ3n) is 4.75. The molecule has 0 aliphatic heterocycles. The number of rotatable bonds is 3. The molecule has 1 N–H and O–H groups in total. The van der Waals surface area contributed by atoms with Crippen molar-refractivity contribution in [3.05, 3.63) is 29.8 Å². The van der Waals surface area contributed by atoms with Crippen LogP contribution in [0.2, 0.25) is 0 Å². The Morgan fingerprint density at radius 2 is 1.62 bits per heavy atom. The van der Waals surface area contributed by atoms with Gasteiger partial charge in [0, 0.05) is 8.45 Å². The van der Waals surface area contributed by atoms with Crippen molar-refractivity contribution in [2.45, 2.75) is 59.3 Å². The number of nitrogens with one attached hydrogen (secondary N) is 1. The summed E-state index contributed by atoms with van der Waals surface area (Å²) >= 11 is 0. The van der Waals surface area contributed by atoms with Crippen LogP contribution in [0.3, 0.4) is 0 Å². The topological polar surface area (TPSA) is 58.5 Å². The largest absolute Gasteiger partial charge is 0.276 e. The highest BCUT2D eigenvalue weighted by Gasteiger charge is 2.36. The Morgan fingerprint density at radius 1 is 1.12 bits per heavy atom. The van der Waals surface area contributed by atoms with E-state index >= 15 is 0 Å². The molecule has 2 rings (SSSR count). The first-order valence-corrected chi connectivity index (χ1v) is 9.81. The zero-order chi connectivity index (χ0) is 20.0. The third kappa shape index (κ3) is 4.38. The van der Waals surface area contributed by atoms with E-state index in [1.54, 1.807) is 26.0 Å². The lowest BCUT2D eigenvalue weighted by Gasteiger charge is -2.40. The summed E-state index contributed by atoms with van der Waals surface area (Å²) in [6.07, 6.45) is 1.10. The molecule has 0 amide bonds. The van der Waals surface area contributed by atoms with Crippen molar-refractivity contribution < 1.29 is 11.2 Å². The van der Waals surface area contributed by atoms with Crippen LogP contribution in [-0.4, -0.2) is 14.1 Å². The van der Waals surface area contributed by atoms with Crippen molar-refractivity contribution in [3.8, 4) is 0 Å². The van der Waals surface area contributed by atoms with Gasteiger partial charge in [0.25, 0.3) is 10.0 Å². The summed E-state index contributed by atoms with van der Waals surface area (Å²) < 4.78 is 42.4. The zero-order valence-electron chi connectivity index (χ0n) is 17.5. The Bertz CT molecular complexity index is 772. The van der Waals surface area contributed by atoms with Gasteiger partial charge in [-0.1, -0.05) is 52.3 Å². The standard InChI is InChI=1S/C19H30N2O2S/c1-13-7-9-17(10-8-13)24(22,23)21-20-18-14(2)11-16(12-15(18)3)19(4,5)6/h7-10,14-16,21H,11-12H2,1-6H3/t14-,15+,16?/i14D,15D. The normalized spacial score (nSPS) is 34.6. The lowest BCUT2D eigenvalue weighted by Crippen LogP contribution is -2.37. The van der Waals surface area contributed by atoms with E-state index in [2.05, 4.69) is 30.7 Å². The molecule has 1 aliphatic rings. The highest BCUT2D eigenvalue weighted by atomic mass is 32.2. The third-order valence-corrected chi connectivity index (χ3v) is 5.97. The van der Waals surface area contributed by atoms with Crippen LogP contribution >= 0.6 is 0 Å². The average Bonchev–Trinajstić information content (AvgIpc) is 2.44. The van der Waals surface area contributed by atoms with Crippen molar-refractivity contribution in [2.24, 2.45) is 28.2 Å². The Morgan fingerprint density at radius 3 is 2.08 bits per heavy atom. The molecule has 1 saturated carbocycles. The number of hydrogen-bond acceptors (Lipinski definition) is 3. The average molecular weight is 353 g/mol. The van der Waals surface area contributed by atoms with E-state index in [1.807, 2.05) is 6.92 Å². The molecule has 0 radical (unpaired) electrons. The first kappa shape index (κ1) is 16.1. The van der Waals surface area contributed by atoms with Crippen LogP contribution in [0.4, 0.5) is 0 Å². The number of sulfonamides is 1. The number of aryl methyl sites for hydroxylation is 1. The lowest BCUT2D eigenvalue weighted by atomic mass is 9.66. The summed E-state index contributed by atoms with van der Waals surface area (Å²) in [6.45, 7) is 11.7. The molecule has 1 aliphatic carbocycles. The second kappa shape index (κ2) is 6.87. The van der Waals surface area contributed by atoms with Gasteiger partial charge in [-0.25, -0.2) is 4.83 Å². The molecule has 1 aromatic carbocycles. The van der Waals surface area contributed by atoms with Gasteiger partial charge >= 0.3 is 0 Å². The molecular formula is C19H30N2O2S. The van der Waals surface area contributed by atoms with Crippen molar-refractivity contribution >= 4 is 15.7 Å². The Kier molecular flexibility index (Phi) is 4.61. The maximum absolute atomic E-state index is 12.5. The van der Waals surface area contributed by atoms with Gasteiger partial charge in [0.2, 0.25) is 0 Å². The number of benzene rings is 1. The molecule has 0 saturated heterocycles. The van der Waals surface area contributed by atoms with Crippen molar-refractivity contribution in [3.63, 3.8) is 0 Å². The highest BCUT2D eigenvalue weighted by molar-refractivity contribution is 7.89. The van der Waals surface area contributed by atoms with Gasteiger partial charge in [-0.05, 0) is 55.0 Å². The molecule has 3 atom stereocenters. The minimum absolute atomic E-state index is 0.0163. The minimum atomic E-state index is -3.82. The fourth-order valence-corrected chi connectivity index (χ4v) is 3.86. The predicted molar refractivity (Wildman–Crippen MR) is 99.4 cm³/mol. The Labute approximate surface area is 149 Å². The van der Waals surface area contributed by atoms with Crippen LogP contribution in [-0.2, 0) is 10.0 Å². The molecule has 0 heterocycles. The van der Waals surface area contributed by atoms with E-state index in [0.717, 1.165) is 5.56 Å². The van der Waals surface area contributed by atoms with E-state index in [1.165, 1.54) is 12.1 Å². The van der Waals surface area contributed by atoms with Crippen molar-refractivity contribution in [1.29, 1.82) is 0 Å². The SMILES string of the molecule is [2H][C@]1(C)CC(C(C)(C)C)C[C@@]([2H])(C)C1=NNS(=O)(=O)c1ccc(C)cc1. The quantitative estimate of drug-likeness (QED) is 0.822. The van der Waals surface area contributed by atoms with Gasteiger partial charge < -0.3 is 0 Å². The molecule has 0 bridgehead atoms. The minimum Gasteiger partial charge on any atom is -0.200 e. The van der Waals surface area contributed by atoms with Crippen LogP contribution in [0.25, 0.3) is 0 Å². The monoisotopic (exact) mass is 352 g/mol. The number of hydrazone groups is 1. The van der Waals surface area contributed by atoms with Crippen LogP contribution in [0.15, 0.2) is 34.3 Å². The lowest BCUT2D eigenvalue weighted by molar-refractivity contribution is 0.172. The summed E-state index contributed by atoms with van der Waals surface area (Å²) in [5.74, 6) is -1.99. The molecule has 0 spiro atoms. The van der Waals surface area contributed by atoms with Crippen molar-refractivity contribution in [1.82, 2.24) is 4.83 Å². The maximum atomic E-state index is 12.5. The molecule has 1 unspecified atom stereocenters. The first-order valence-electron chi connectivity index (χ1n) is 9.32. The van der Waals surface area contributed by atoms with Crippen LogP contribution in [0, 0.1) is 30.0 Å². The van der Waals surface area contributed by atoms with Gasteiger partial charge in [-0.3, -0.25) is 0 Å². The van der Waals surface area contributed by atoms with Gasteiger partial charge in [0.15, 0.2) is 0 Å². The van der Waals surface area contributed by atoms with Gasteiger partial charge in [0.05, 0.1) is 4.90 Å². The van der Waals surface area contributed by atoms with E-state index < -0.39 is 21.8 Å². The summed E-state index contributed by atoms with van der Waals surface area (Å²) in [5, 5.41) is 4.08. The number of nitrogens with zero attached hydrogens (tertiary/aromatic N) is 1. The number of hydrogen-bond donors (Lipinski definition) is 1. The molecule has 0 aromatic heterocycles. The van der Waals surface area contributed by atoms with E-state index in [0.29, 0.717) is 12.8 Å². The molecule has 1 fully saturated rings. The summed E-state index contributed by atoms with van der Waals surface area (Å²) in [6, 6.07) is 6.49. The van der Waals surface area contributed by atoms with E-state index in [9.17, 15) is 8.42 Å². The van der Waals surface area contributed by atoms with Gasteiger partial charge in [-0.15, -0.1) is 0 Å². The molecule has 4 nitrogen and oxygen atoms in total. The molecule has 24 heavy (non-hydrogen) atoms. The smallest absolute Gasteiger partial charge is 0.200 e. The van der Waals surface area contributed by atoms with Gasteiger partial charge in [0.1, 0.15) is 0 Å². The summed E-state index contributed by atoms with van der Waals surface area (Å²) in [7, 11) is -3.82. The summed E-state index contributed by atoms with van der Waals surface area (Å²) in [4.78, 5) is 2.37. The van der Waals surface area contributed by atoms with Crippen molar-refractivity contribution in [2.75, 3.05) is 0 Å². The second-order valence-electron chi connectivity index (χ2n) is 7.90. The van der Waals surface area contributed by atoms with Gasteiger partial charge in [-0.2, -0.15) is 13.5 Å². The van der Waals surface area contributed by atoms with E-state index in [-0.39, 0.29) is 21.9 Å². The summed E-state index contributed by atoms with van der Waals surface area (Å²) in [5.41, 5.74) is 1.21. The van der Waals surface area contributed by atoms with E-state index in [4.69, 9.17) is 2.74 Å². The van der Waals surface area contributed by atoms with Crippen LogP contribution < -0.4 is 4.83 Å². The fourth-order valence-electron chi connectivity index (χ4n) is 3.05. The Hall–Kier alpha value is -1.36. The molecule has 5 heteroatoms. The maximum Gasteiger partial charge on any atom is 0.276 e. The fraction of sp³-hybridized carbons (Fsp3) is 0.632. The van der Waals surface area contributed by atoms with Crippen LogP contribution in [0.1, 0.15) is 55.8 Å². The molecular weight excluding hydrogens is 320 g/mol. The predicted octanol–water partition coefficient (Wildman–Crippen LogP) is 4.36.